The first-order chi connectivity index (χ1) is 9.70. The third-order valence-electron chi connectivity index (χ3n) is 2.57. The highest BCUT2D eigenvalue weighted by Gasteiger charge is 2.12. The molecule has 0 unspecified atom stereocenters. The molecule has 0 bridgehead atoms. The molecular formula is C13H15ClN4OS. The van der Waals surface area contributed by atoms with Crippen LogP contribution in [0.25, 0.3) is 0 Å². The van der Waals surface area contributed by atoms with E-state index in [-0.39, 0.29) is 5.91 Å². The van der Waals surface area contributed by atoms with Crippen molar-refractivity contribution in [2.45, 2.75) is 19.9 Å². The Labute approximate surface area is 126 Å². The zero-order valence-corrected chi connectivity index (χ0v) is 12.6. The molecule has 0 spiro atoms. The third-order valence-corrected chi connectivity index (χ3v) is 3.51. The lowest BCUT2D eigenvalue weighted by atomic mass is 10.2. The van der Waals surface area contributed by atoms with Gasteiger partial charge in [0.2, 0.25) is 0 Å². The van der Waals surface area contributed by atoms with Crippen LogP contribution >= 0.6 is 22.9 Å². The highest BCUT2D eigenvalue weighted by molar-refractivity contribution is 7.07. The fourth-order valence-electron chi connectivity index (χ4n) is 1.55. The average Bonchev–Trinajstić information content (AvgIpc) is 2.97. The van der Waals surface area contributed by atoms with Gasteiger partial charge in [0, 0.05) is 18.1 Å². The predicted molar refractivity (Wildman–Crippen MR) is 81.3 cm³/mol. The van der Waals surface area contributed by atoms with Crippen LogP contribution in [0.4, 0.5) is 5.82 Å². The molecule has 0 saturated heterocycles. The van der Waals surface area contributed by atoms with Crippen LogP contribution in [-0.4, -0.2) is 22.4 Å². The Morgan fingerprint density at radius 2 is 2.30 bits per heavy atom. The standard InChI is InChI=1S/C13H15ClN4OS/c1-2-3-15-12-4-10(11(14)6-16-12)13(19)17-5-9-7-20-8-18-9/h4,6-8H,2-3,5H2,1H3,(H,15,16)(H,17,19). The topological polar surface area (TPSA) is 66.9 Å². The summed E-state index contributed by atoms with van der Waals surface area (Å²) in [6.07, 6.45) is 2.47. The van der Waals surface area contributed by atoms with Crippen molar-refractivity contribution in [3.05, 3.63) is 39.4 Å². The van der Waals surface area contributed by atoms with E-state index >= 15 is 0 Å². The first kappa shape index (κ1) is 14.7. The molecule has 2 aromatic rings. The smallest absolute Gasteiger partial charge is 0.253 e. The molecule has 20 heavy (non-hydrogen) atoms. The van der Waals surface area contributed by atoms with E-state index in [2.05, 4.69) is 27.5 Å². The normalized spacial score (nSPS) is 10.3. The Bertz CT molecular complexity index is 574. The molecule has 0 fully saturated rings. The summed E-state index contributed by atoms with van der Waals surface area (Å²) in [5.74, 6) is 0.417. The number of thiazole rings is 1. The van der Waals surface area contributed by atoms with Crippen LogP contribution in [0.5, 0.6) is 0 Å². The van der Waals surface area contributed by atoms with E-state index in [1.54, 1.807) is 11.6 Å². The molecular weight excluding hydrogens is 296 g/mol. The maximum Gasteiger partial charge on any atom is 0.253 e. The molecule has 7 heteroatoms. The summed E-state index contributed by atoms with van der Waals surface area (Å²) < 4.78 is 0. The summed E-state index contributed by atoms with van der Waals surface area (Å²) in [6.45, 7) is 3.25. The zero-order chi connectivity index (χ0) is 14.4. The van der Waals surface area contributed by atoms with E-state index in [0.29, 0.717) is 22.9 Å². The van der Waals surface area contributed by atoms with Gasteiger partial charge in [-0.2, -0.15) is 0 Å². The second kappa shape index (κ2) is 7.21. The van der Waals surface area contributed by atoms with E-state index < -0.39 is 0 Å². The van der Waals surface area contributed by atoms with Crippen LogP contribution in [0.3, 0.4) is 0 Å². The van der Waals surface area contributed by atoms with Gasteiger partial charge in [0.25, 0.3) is 5.91 Å². The van der Waals surface area contributed by atoms with Gasteiger partial charge in [0.1, 0.15) is 5.82 Å². The highest BCUT2D eigenvalue weighted by Crippen LogP contribution is 2.18. The summed E-state index contributed by atoms with van der Waals surface area (Å²) in [7, 11) is 0. The minimum atomic E-state index is -0.232. The lowest BCUT2D eigenvalue weighted by Crippen LogP contribution is -2.23. The minimum Gasteiger partial charge on any atom is -0.370 e. The van der Waals surface area contributed by atoms with Crippen molar-refractivity contribution < 1.29 is 4.79 Å². The number of nitrogens with zero attached hydrogens (tertiary/aromatic N) is 2. The monoisotopic (exact) mass is 310 g/mol. The van der Waals surface area contributed by atoms with E-state index in [1.165, 1.54) is 17.5 Å². The quantitative estimate of drug-likeness (QED) is 0.861. The average molecular weight is 311 g/mol. The van der Waals surface area contributed by atoms with Crippen molar-refractivity contribution in [2.24, 2.45) is 0 Å². The molecule has 106 valence electrons. The van der Waals surface area contributed by atoms with E-state index in [4.69, 9.17) is 11.6 Å². The molecule has 0 saturated carbocycles. The van der Waals surface area contributed by atoms with Crippen LogP contribution in [0.15, 0.2) is 23.2 Å². The number of aromatic nitrogens is 2. The second-order valence-corrected chi connectivity index (χ2v) is 5.26. The fourth-order valence-corrected chi connectivity index (χ4v) is 2.30. The molecule has 0 aliphatic heterocycles. The van der Waals surface area contributed by atoms with Gasteiger partial charge in [0.05, 0.1) is 28.3 Å². The predicted octanol–water partition coefficient (Wildman–Crippen LogP) is 2.94. The number of anilines is 1. The molecule has 2 rings (SSSR count). The van der Waals surface area contributed by atoms with Crippen molar-refractivity contribution in [3.63, 3.8) is 0 Å². The summed E-state index contributed by atoms with van der Waals surface area (Å²) in [6, 6.07) is 1.66. The number of carbonyl (C=O) groups excluding carboxylic acids is 1. The third kappa shape index (κ3) is 3.91. The summed E-state index contributed by atoms with van der Waals surface area (Å²) in [5, 5.41) is 8.14. The number of nitrogens with one attached hydrogen (secondary N) is 2. The van der Waals surface area contributed by atoms with Gasteiger partial charge in [-0.3, -0.25) is 4.79 Å². The molecule has 0 atom stereocenters. The molecule has 0 aromatic carbocycles. The number of amides is 1. The van der Waals surface area contributed by atoms with Gasteiger partial charge < -0.3 is 10.6 Å². The fraction of sp³-hybridized carbons (Fsp3) is 0.308. The lowest BCUT2D eigenvalue weighted by molar-refractivity contribution is 0.0950. The molecule has 2 N–H and O–H groups in total. The van der Waals surface area contributed by atoms with Gasteiger partial charge >= 0.3 is 0 Å². The van der Waals surface area contributed by atoms with Gasteiger partial charge in [0.15, 0.2) is 0 Å². The number of hydrogen-bond acceptors (Lipinski definition) is 5. The van der Waals surface area contributed by atoms with Crippen molar-refractivity contribution in [2.75, 3.05) is 11.9 Å². The van der Waals surface area contributed by atoms with Gasteiger partial charge in [-0.25, -0.2) is 9.97 Å². The SMILES string of the molecule is CCCNc1cc(C(=O)NCc2cscn2)c(Cl)cn1. The molecule has 0 aliphatic carbocycles. The summed E-state index contributed by atoms with van der Waals surface area (Å²) in [5.41, 5.74) is 2.97. The first-order valence-electron chi connectivity index (χ1n) is 6.25. The summed E-state index contributed by atoms with van der Waals surface area (Å²) >= 11 is 7.51. The van der Waals surface area contributed by atoms with E-state index in [0.717, 1.165) is 18.7 Å². The second-order valence-electron chi connectivity index (χ2n) is 4.14. The first-order valence-corrected chi connectivity index (χ1v) is 7.57. The Balaban J connectivity index is 2.04. The summed E-state index contributed by atoms with van der Waals surface area (Å²) in [4.78, 5) is 20.4. The van der Waals surface area contributed by atoms with Crippen LogP contribution in [0, 0.1) is 0 Å². The van der Waals surface area contributed by atoms with Crippen molar-refractivity contribution in [1.82, 2.24) is 15.3 Å². The minimum absolute atomic E-state index is 0.232. The molecule has 1 amide bonds. The van der Waals surface area contributed by atoms with E-state index in [9.17, 15) is 4.79 Å². The molecule has 5 nitrogen and oxygen atoms in total. The van der Waals surface area contributed by atoms with Gasteiger partial charge in [-0.15, -0.1) is 11.3 Å². The van der Waals surface area contributed by atoms with Crippen molar-refractivity contribution in [1.29, 1.82) is 0 Å². The van der Waals surface area contributed by atoms with Crippen molar-refractivity contribution >= 4 is 34.7 Å². The number of pyridine rings is 1. The molecule has 0 radical (unpaired) electrons. The largest absolute Gasteiger partial charge is 0.370 e. The Morgan fingerprint density at radius 3 is 3.00 bits per heavy atom. The van der Waals surface area contributed by atoms with Crippen LogP contribution in [0.2, 0.25) is 5.02 Å². The van der Waals surface area contributed by atoms with Gasteiger partial charge in [-0.1, -0.05) is 18.5 Å². The highest BCUT2D eigenvalue weighted by atomic mass is 35.5. The lowest BCUT2D eigenvalue weighted by Gasteiger charge is -2.08. The number of rotatable bonds is 6. The molecule has 0 aliphatic rings. The maximum atomic E-state index is 12.1. The number of halogens is 1. The molecule has 2 heterocycles. The van der Waals surface area contributed by atoms with E-state index in [1.807, 2.05) is 5.38 Å². The Hall–Kier alpha value is -1.66. The Morgan fingerprint density at radius 1 is 1.45 bits per heavy atom. The maximum absolute atomic E-state index is 12.1. The van der Waals surface area contributed by atoms with Crippen LogP contribution in [0.1, 0.15) is 29.4 Å². The Kier molecular flexibility index (Phi) is 5.31. The number of carbonyl (C=O) groups is 1. The van der Waals surface area contributed by atoms with Gasteiger partial charge in [-0.05, 0) is 12.5 Å². The zero-order valence-electron chi connectivity index (χ0n) is 11.0. The van der Waals surface area contributed by atoms with Crippen molar-refractivity contribution in [3.8, 4) is 0 Å². The number of hydrogen-bond donors (Lipinski definition) is 2. The van der Waals surface area contributed by atoms with Crippen LogP contribution < -0.4 is 10.6 Å². The molecule has 2 aromatic heterocycles. The van der Waals surface area contributed by atoms with Crippen LogP contribution in [-0.2, 0) is 6.54 Å².